The molecule has 0 aromatic heterocycles. The van der Waals surface area contributed by atoms with Gasteiger partial charge in [-0.15, -0.1) is 0 Å². The van der Waals surface area contributed by atoms with Crippen molar-refractivity contribution in [2.75, 3.05) is 25.5 Å². The molecular weight excluding hydrogens is 346 g/mol. The molecule has 27 heavy (non-hydrogen) atoms. The molecule has 0 unspecified atom stereocenters. The summed E-state index contributed by atoms with van der Waals surface area (Å²) in [6, 6.07) is 11.8. The largest absolute Gasteiger partial charge is 0.495 e. The normalized spacial score (nSPS) is 16.7. The summed E-state index contributed by atoms with van der Waals surface area (Å²) in [6.45, 7) is 3.28. The zero-order chi connectivity index (χ0) is 19.4. The number of nitrogens with zero attached hydrogens (tertiary/aromatic N) is 2. The number of ether oxygens (including phenoxy) is 1. The number of carbonyl (C=O) groups is 1. The van der Waals surface area contributed by atoms with Crippen LogP contribution in [0, 0.1) is 17.0 Å². The van der Waals surface area contributed by atoms with Gasteiger partial charge in [0.1, 0.15) is 5.75 Å². The molecule has 1 fully saturated rings. The number of aryl methyl sites for hydroxylation is 1. The summed E-state index contributed by atoms with van der Waals surface area (Å²) >= 11 is 0. The maximum Gasteiger partial charge on any atom is 0.269 e. The Labute approximate surface area is 158 Å². The van der Waals surface area contributed by atoms with Crippen molar-refractivity contribution in [3.8, 4) is 5.75 Å². The summed E-state index contributed by atoms with van der Waals surface area (Å²) < 4.78 is 5.42. The Balaban J connectivity index is 1.69. The summed E-state index contributed by atoms with van der Waals surface area (Å²) in [6.07, 6.45) is 1.85. The average Bonchev–Trinajstić information content (AvgIpc) is 2.68. The van der Waals surface area contributed by atoms with Crippen molar-refractivity contribution in [3.05, 3.63) is 63.7 Å². The highest BCUT2D eigenvalue weighted by Gasteiger charge is 2.25. The van der Waals surface area contributed by atoms with E-state index in [0.29, 0.717) is 18.7 Å². The number of methoxy groups -OCH3 is 1. The molecule has 0 radical (unpaired) electrons. The lowest BCUT2D eigenvalue weighted by Crippen LogP contribution is -2.45. The van der Waals surface area contributed by atoms with Crippen molar-refractivity contribution in [3.63, 3.8) is 0 Å². The van der Waals surface area contributed by atoms with Gasteiger partial charge in [-0.2, -0.15) is 0 Å². The van der Waals surface area contributed by atoms with Gasteiger partial charge in [0.05, 0.1) is 17.7 Å². The van der Waals surface area contributed by atoms with Crippen molar-refractivity contribution in [2.45, 2.75) is 25.8 Å². The van der Waals surface area contributed by atoms with E-state index < -0.39 is 4.92 Å². The van der Waals surface area contributed by atoms with E-state index in [0.717, 1.165) is 29.8 Å². The van der Waals surface area contributed by atoms with Crippen LogP contribution in [-0.4, -0.2) is 42.0 Å². The van der Waals surface area contributed by atoms with Gasteiger partial charge in [0.15, 0.2) is 0 Å². The monoisotopic (exact) mass is 369 g/mol. The number of non-ortho nitro benzene ring substituents is 1. The number of hydrogen-bond acceptors (Lipinski definition) is 5. The number of rotatable bonds is 5. The Hall–Kier alpha value is -3.09. The first kappa shape index (κ1) is 18.7. The predicted molar refractivity (Wildman–Crippen MR) is 103 cm³/mol. The minimum absolute atomic E-state index is 0.0173. The topological polar surface area (TPSA) is 84.7 Å². The van der Waals surface area contributed by atoms with Crippen molar-refractivity contribution < 1.29 is 14.5 Å². The van der Waals surface area contributed by atoms with Crippen LogP contribution in [0.1, 0.15) is 28.8 Å². The van der Waals surface area contributed by atoms with Gasteiger partial charge >= 0.3 is 0 Å². The van der Waals surface area contributed by atoms with Crippen LogP contribution in [-0.2, 0) is 0 Å². The van der Waals surface area contributed by atoms with Crippen molar-refractivity contribution in [1.82, 2.24) is 4.90 Å². The second-order valence-electron chi connectivity index (χ2n) is 6.74. The molecule has 7 heteroatoms. The lowest BCUT2D eigenvalue weighted by Gasteiger charge is -2.34. The summed E-state index contributed by atoms with van der Waals surface area (Å²) in [4.78, 5) is 24.9. The molecule has 1 heterocycles. The van der Waals surface area contributed by atoms with Gasteiger partial charge in [0.2, 0.25) is 0 Å². The first-order chi connectivity index (χ1) is 13.0. The van der Waals surface area contributed by atoms with Crippen LogP contribution in [0.3, 0.4) is 0 Å². The number of nitro benzene ring substituents is 1. The third kappa shape index (κ3) is 4.36. The molecule has 1 N–H and O–H groups in total. The number of anilines is 1. The lowest BCUT2D eigenvalue weighted by atomic mass is 10.0. The standard InChI is InChI=1S/C20H23N3O4/c1-14-5-10-19(27-2)18(12-14)21-16-4-3-11-22(13-16)20(24)15-6-8-17(9-7-15)23(25)26/h5-10,12,16,21H,3-4,11,13H2,1-2H3/t16-/m0/s1. The fraction of sp³-hybridized carbons (Fsp3) is 0.350. The van der Waals surface area contributed by atoms with Crippen molar-refractivity contribution >= 4 is 17.3 Å². The number of carbonyl (C=O) groups excluding carboxylic acids is 1. The SMILES string of the molecule is COc1ccc(C)cc1N[C@H]1CCCN(C(=O)c2ccc([N+](=O)[O-])cc2)C1. The van der Waals surface area contributed by atoms with E-state index in [9.17, 15) is 14.9 Å². The van der Waals surface area contributed by atoms with Crippen LogP contribution in [0.15, 0.2) is 42.5 Å². The molecule has 0 bridgehead atoms. The van der Waals surface area contributed by atoms with Crippen molar-refractivity contribution in [2.24, 2.45) is 0 Å². The third-order valence-electron chi connectivity index (χ3n) is 4.75. The first-order valence-corrected chi connectivity index (χ1v) is 8.93. The minimum Gasteiger partial charge on any atom is -0.495 e. The fourth-order valence-electron chi connectivity index (χ4n) is 3.34. The highest BCUT2D eigenvalue weighted by Crippen LogP contribution is 2.28. The molecule has 1 aliphatic rings. The van der Waals surface area contributed by atoms with Gasteiger partial charge in [0.25, 0.3) is 11.6 Å². The molecule has 0 spiro atoms. The van der Waals surface area contributed by atoms with Crippen molar-refractivity contribution in [1.29, 1.82) is 0 Å². The van der Waals surface area contributed by atoms with E-state index in [1.807, 2.05) is 25.1 Å². The molecule has 1 saturated heterocycles. The van der Waals surface area contributed by atoms with E-state index >= 15 is 0 Å². The molecule has 2 aromatic rings. The highest BCUT2D eigenvalue weighted by atomic mass is 16.6. The Kier molecular flexibility index (Phi) is 5.59. The van der Waals surface area contributed by atoms with E-state index in [1.165, 1.54) is 24.3 Å². The molecule has 1 amide bonds. The second-order valence-corrected chi connectivity index (χ2v) is 6.74. The van der Waals surface area contributed by atoms with E-state index in [4.69, 9.17) is 4.74 Å². The lowest BCUT2D eigenvalue weighted by molar-refractivity contribution is -0.384. The second kappa shape index (κ2) is 8.07. The molecule has 7 nitrogen and oxygen atoms in total. The number of amides is 1. The number of benzene rings is 2. The molecule has 0 aliphatic carbocycles. The Morgan fingerprint density at radius 3 is 2.67 bits per heavy atom. The number of hydrogen-bond donors (Lipinski definition) is 1. The zero-order valence-electron chi connectivity index (χ0n) is 15.5. The van der Waals surface area contributed by atoms with Gasteiger partial charge in [-0.25, -0.2) is 0 Å². The predicted octanol–water partition coefficient (Wildman–Crippen LogP) is 3.63. The molecule has 1 atom stereocenters. The number of nitrogens with one attached hydrogen (secondary N) is 1. The van der Waals surface area contributed by atoms with Gasteiger partial charge in [-0.05, 0) is 49.6 Å². The summed E-state index contributed by atoms with van der Waals surface area (Å²) in [5.41, 5.74) is 2.51. The van der Waals surface area contributed by atoms with Crippen LogP contribution >= 0.6 is 0 Å². The smallest absolute Gasteiger partial charge is 0.269 e. The Morgan fingerprint density at radius 2 is 2.00 bits per heavy atom. The van der Waals surface area contributed by atoms with Crippen LogP contribution in [0.5, 0.6) is 5.75 Å². The quantitative estimate of drug-likeness (QED) is 0.643. The van der Waals surface area contributed by atoms with Gasteiger partial charge in [0, 0.05) is 36.8 Å². The van der Waals surface area contributed by atoms with Gasteiger partial charge in [-0.1, -0.05) is 6.07 Å². The van der Waals surface area contributed by atoms with E-state index in [-0.39, 0.29) is 17.6 Å². The maximum absolute atomic E-state index is 12.8. The summed E-state index contributed by atoms with van der Waals surface area (Å²) in [7, 11) is 1.64. The molecule has 1 aliphatic heterocycles. The molecular formula is C20H23N3O4. The van der Waals surface area contributed by atoms with Gasteiger partial charge in [-0.3, -0.25) is 14.9 Å². The Morgan fingerprint density at radius 1 is 1.26 bits per heavy atom. The van der Waals surface area contributed by atoms with E-state index in [2.05, 4.69) is 5.32 Å². The molecule has 142 valence electrons. The fourth-order valence-corrected chi connectivity index (χ4v) is 3.34. The van der Waals surface area contributed by atoms with Crippen LogP contribution < -0.4 is 10.1 Å². The number of nitro groups is 1. The molecule has 2 aromatic carbocycles. The zero-order valence-corrected chi connectivity index (χ0v) is 15.5. The number of piperidine rings is 1. The Bertz CT molecular complexity index is 836. The highest BCUT2D eigenvalue weighted by molar-refractivity contribution is 5.94. The number of likely N-dealkylation sites (tertiary alicyclic amines) is 1. The molecule has 0 saturated carbocycles. The van der Waals surface area contributed by atoms with E-state index in [1.54, 1.807) is 12.0 Å². The third-order valence-corrected chi connectivity index (χ3v) is 4.75. The van der Waals surface area contributed by atoms with Crippen LogP contribution in [0.4, 0.5) is 11.4 Å². The van der Waals surface area contributed by atoms with Gasteiger partial charge < -0.3 is 15.0 Å². The van der Waals surface area contributed by atoms with Crippen LogP contribution in [0.2, 0.25) is 0 Å². The minimum atomic E-state index is -0.468. The average molecular weight is 369 g/mol. The first-order valence-electron chi connectivity index (χ1n) is 8.93. The molecule has 3 rings (SSSR count). The summed E-state index contributed by atoms with van der Waals surface area (Å²) in [5, 5.41) is 14.3. The van der Waals surface area contributed by atoms with Crippen LogP contribution in [0.25, 0.3) is 0 Å². The summed E-state index contributed by atoms with van der Waals surface area (Å²) in [5.74, 6) is 0.673. The maximum atomic E-state index is 12.8.